The van der Waals surface area contributed by atoms with E-state index in [0.717, 1.165) is 11.8 Å². The highest BCUT2D eigenvalue weighted by molar-refractivity contribution is 4.86. The molecule has 2 unspecified atom stereocenters. The zero-order valence-corrected chi connectivity index (χ0v) is 12.5. The normalized spacial score (nSPS) is 26.1. The van der Waals surface area contributed by atoms with Crippen LogP contribution in [-0.2, 0) is 0 Å². The lowest BCUT2D eigenvalue weighted by molar-refractivity contribution is 0.0816. The van der Waals surface area contributed by atoms with Crippen LogP contribution in [0.4, 0.5) is 0 Å². The maximum Gasteiger partial charge on any atom is -0.00437 e. The molecule has 0 spiro atoms. The van der Waals surface area contributed by atoms with Gasteiger partial charge in [0.2, 0.25) is 0 Å². The Morgan fingerprint density at radius 3 is 2.41 bits per heavy atom. The second-order valence-electron chi connectivity index (χ2n) is 6.55. The van der Waals surface area contributed by atoms with Gasteiger partial charge in [0.15, 0.2) is 0 Å². The van der Waals surface area contributed by atoms with Crippen LogP contribution >= 0.6 is 0 Å². The SMILES string of the molecule is CCCNCCC(C)(C)C1CCCCC1CC. The van der Waals surface area contributed by atoms with Crippen molar-refractivity contribution < 1.29 is 0 Å². The average Bonchev–Trinajstić information content (AvgIpc) is 2.34. The van der Waals surface area contributed by atoms with Crippen molar-refractivity contribution in [1.29, 1.82) is 0 Å². The van der Waals surface area contributed by atoms with Gasteiger partial charge in [-0.2, -0.15) is 0 Å². The van der Waals surface area contributed by atoms with Crippen LogP contribution in [-0.4, -0.2) is 13.1 Å². The summed E-state index contributed by atoms with van der Waals surface area (Å²) in [4.78, 5) is 0. The van der Waals surface area contributed by atoms with Gasteiger partial charge in [0.25, 0.3) is 0 Å². The Balaban J connectivity index is 2.42. The van der Waals surface area contributed by atoms with Crippen LogP contribution in [0.15, 0.2) is 0 Å². The minimum absolute atomic E-state index is 0.530. The summed E-state index contributed by atoms with van der Waals surface area (Å²) in [7, 11) is 0. The van der Waals surface area contributed by atoms with Crippen molar-refractivity contribution in [2.75, 3.05) is 13.1 Å². The molecule has 0 aromatic rings. The molecule has 1 rings (SSSR count). The molecule has 1 N–H and O–H groups in total. The van der Waals surface area contributed by atoms with Gasteiger partial charge in [-0.05, 0) is 49.6 Å². The molecule has 102 valence electrons. The third-order valence-corrected chi connectivity index (χ3v) is 4.81. The fourth-order valence-electron chi connectivity index (χ4n) is 3.62. The third-order valence-electron chi connectivity index (χ3n) is 4.81. The van der Waals surface area contributed by atoms with E-state index < -0.39 is 0 Å². The minimum atomic E-state index is 0.530. The van der Waals surface area contributed by atoms with Crippen molar-refractivity contribution in [3.63, 3.8) is 0 Å². The lowest BCUT2D eigenvalue weighted by Crippen LogP contribution is -2.35. The lowest BCUT2D eigenvalue weighted by Gasteiger charge is -2.42. The second kappa shape index (κ2) is 7.41. The molecule has 1 aliphatic carbocycles. The van der Waals surface area contributed by atoms with Crippen LogP contribution in [0.5, 0.6) is 0 Å². The van der Waals surface area contributed by atoms with Crippen molar-refractivity contribution in [2.24, 2.45) is 17.3 Å². The van der Waals surface area contributed by atoms with E-state index in [-0.39, 0.29) is 0 Å². The summed E-state index contributed by atoms with van der Waals surface area (Å²) in [6.45, 7) is 12.0. The molecule has 0 amide bonds. The van der Waals surface area contributed by atoms with Crippen LogP contribution in [0.25, 0.3) is 0 Å². The minimum Gasteiger partial charge on any atom is -0.317 e. The standard InChI is InChI=1S/C16H33N/c1-5-12-17-13-11-16(3,4)15-10-8-7-9-14(15)6-2/h14-15,17H,5-13H2,1-4H3. The molecule has 0 aromatic carbocycles. The number of nitrogens with one attached hydrogen (secondary N) is 1. The Bertz CT molecular complexity index is 198. The highest BCUT2D eigenvalue weighted by Gasteiger charge is 2.35. The molecule has 0 saturated heterocycles. The number of hydrogen-bond donors (Lipinski definition) is 1. The first-order valence-corrected chi connectivity index (χ1v) is 7.82. The van der Waals surface area contributed by atoms with Gasteiger partial charge in [-0.15, -0.1) is 0 Å². The van der Waals surface area contributed by atoms with Crippen molar-refractivity contribution in [3.05, 3.63) is 0 Å². The van der Waals surface area contributed by atoms with Gasteiger partial charge in [-0.1, -0.05) is 53.4 Å². The summed E-state index contributed by atoms with van der Waals surface area (Å²) in [6.07, 6.45) is 9.87. The quantitative estimate of drug-likeness (QED) is 0.639. The molecule has 0 heterocycles. The Labute approximate surface area is 109 Å². The van der Waals surface area contributed by atoms with Gasteiger partial charge in [0.05, 0.1) is 0 Å². The van der Waals surface area contributed by atoms with Crippen molar-refractivity contribution in [2.45, 2.75) is 72.6 Å². The fourth-order valence-corrected chi connectivity index (χ4v) is 3.62. The molecule has 17 heavy (non-hydrogen) atoms. The largest absolute Gasteiger partial charge is 0.317 e. The molecule has 1 saturated carbocycles. The molecule has 2 atom stereocenters. The highest BCUT2D eigenvalue weighted by atomic mass is 14.8. The van der Waals surface area contributed by atoms with E-state index in [1.807, 2.05) is 0 Å². The van der Waals surface area contributed by atoms with Crippen molar-refractivity contribution in [1.82, 2.24) is 5.32 Å². The van der Waals surface area contributed by atoms with Crippen LogP contribution in [0.1, 0.15) is 72.6 Å². The third kappa shape index (κ3) is 4.62. The Hall–Kier alpha value is -0.0400. The monoisotopic (exact) mass is 239 g/mol. The van der Waals surface area contributed by atoms with E-state index >= 15 is 0 Å². The first-order chi connectivity index (χ1) is 8.11. The predicted octanol–water partition coefficient (Wildman–Crippen LogP) is 4.62. The molecular formula is C16H33N. The summed E-state index contributed by atoms with van der Waals surface area (Å²) in [5, 5.41) is 3.56. The Morgan fingerprint density at radius 2 is 1.76 bits per heavy atom. The lowest BCUT2D eigenvalue weighted by atomic mass is 9.63. The van der Waals surface area contributed by atoms with Gasteiger partial charge < -0.3 is 5.32 Å². The van der Waals surface area contributed by atoms with E-state index in [4.69, 9.17) is 0 Å². The maximum absolute atomic E-state index is 3.56. The molecule has 1 heteroatoms. The van der Waals surface area contributed by atoms with Crippen molar-refractivity contribution >= 4 is 0 Å². The van der Waals surface area contributed by atoms with E-state index in [9.17, 15) is 0 Å². The molecular weight excluding hydrogens is 206 g/mol. The molecule has 1 nitrogen and oxygen atoms in total. The van der Waals surface area contributed by atoms with Gasteiger partial charge in [0.1, 0.15) is 0 Å². The summed E-state index contributed by atoms with van der Waals surface area (Å²) in [5.41, 5.74) is 0.530. The highest BCUT2D eigenvalue weighted by Crippen LogP contribution is 2.45. The van der Waals surface area contributed by atoms with Crippen LogP contribution in [0.2, 0.25) is 0 Å². The molecule has 0 aliphatic heterocycles. The van der Waals surface area contributed by atoms with E-state index in [2.05, 4.69) is 33.0 Å². The van der Waals surface area contributed by atoms with E-state index in [1.54, 1.807) is 0 Å². The van der Waals surface area contributed by atoms with E-state index in [0.29, 0.717) is 5.41 Å². The Kier molecular flexibility index (Phi) is 6.54. The zero-order valence-electron chi connectivity index (χ0n) is 12.5. The van der Waals surface area contributed by atoms with Crippen LogP contribution in [0.3, 0.4) is 0 Å². The number of rotatable bonds is 7. The Morgan fingerprint density at radius 1 is 1.06 bits per heavy atom. The van der Waals surface area contributed by atoms with Gasteiger partial charge in [0, 0.05) is 0 Å². The van der Waals surface area contributed by atoms with Crippen LogP contribution < -0.4 is 5.32 Å². The van der Waals surface area contributed by atoms with Gasteiger partial charge >= 0.3 is 0 Å². The first kappa shape index (κ1) is 15.0. The molecule has 0 bridgehead atoms. The first-order valence-electron chi connectivity index (χ1n) is 7.82. The average molecular weight is 239 g/mol. The predicted molar refractivity (Wildman–Crippen MR) is 77.3 cm³/mol. The van der Waals surface area contributed by atoms with Crippen LogP contribution in [0, 0.1) is 17.3 Å². The second-order valence-corrected chi connectivity index (χ2v) is 6.55. The summed E-state index contributed by atoms with van der Waals surface area (Å²) >= 11 is 0. The zero-order chi connectivity index (χ0) is 12.7. The van der Waals surface area contributed by atoms with Gasteiger partial charge in [-0.3, -0.25) is 0 Å². The molecule has 0 aromatic heterocycles. The molecule has 1 aliphatic rings. The van der Waals surface area contributed by atoms with E-state index in [1.165, 1.54) is 58.0 Å². The summed E-state index contributed by atoms with van der Waals surface area (Å²) in [6, 6.07) is 0. The topological polar surface area (TPSA) is 12.0 Å². The maximum atomic E-state index is 3.56. The van der Waals surface area contributed by atoms with Gasteiger partial charge in [-0.25, -0.2) is 0 Å². The fraction of sp³-hybridized carbons (Fsp3) is 1.00. The summed E-state index contributed by atoms with van der Waals surface area (Å²) in [5.74, 6) is 1.95. The number of hydrogen-bond acceptors (Lipinski definition) is 1. The summed E-state index contributed by atoms with van der Waals surface area (Å²) < 4.78 is 0. The smallest absolute Gasteiger partial charge is 0.00437 e. The molecule has 1 fully saturated rings. The van der Waals surface area contributed by atoms with Crippen molar-refractivity contribution in [3.8, 4) is 0 Å². The molecule has 0 radical (unpaired) electrons.